The van der Waals surface area contributed by atoms with Gasteiger partial charge >= 0.3 is 0 Å². The van der Waals surface area contributed by atoms with Crippen molar-refractivity contribution in [3.8, 4) is 0 Å². The van der Waals surface area contributed by atoms with Gasteiger partial charge in [0.05, 0.1) is 10.3 Å². The van der Waals surface area contributed by atoms with E-state index in [0.29, 0.717) is 5.02 Å². The Morgan fingerprint density at radius 3 is 2.50 bits per heavy atom. The Bertz CT molecular complexity index is 577. The highest BCUT2D eigenvalue weighted by Crippen LogP contribution is 2.42. The van der Waals surface area contributed by atoms with Gasteiger partial charge in [0.25, 0.3) is 0 Å². The van der Waals surface area contributed by atoms with Gasteiger partial charge < -0.3 is 5.73 Å². The maximum Gasteiger partial charge on any atom is 0.115 e. The molecule has 2 atom stereocenters. The predicted octanol–water partition coefficient (Wildman–Crippen LogP) is 4.96. The van der Waals surface area contributed by atoms with Gasteiger partial charge in [-0.25, -0.2) is 4.98 Å². The summed E-state index contributed by atoms with van der Waals surface area (Å²) in [6, 6.07) is 11.4. The maximum absolute atomic E-state index is 6.30. The molecule has 1 aromatic heterocycles. The average molecular weight is 327 g/mol. The smallest absolute Gasteiger partial charge is 0.115 e. The minimum atomic E-state index is -0.0158. The third kappa shape index (κ3) is 3.67. The van der Waals surface area contributed by atoms with Crippen molar-refractivity contribution in [3.63, 3.8) is 0 Å². The van der Waals surface area contributed by atoms with Gasteiger partial charge in [0, 0.05) is 17.3 Å². The van der Waals surface area contributed by atoms with Crippen LogP contribution in [0.15, 0.2) is 47.6 Å². The first-order valence-corrected chi connectivity index (χ1v) is 8.04. The predicted molar refractivity (Wildman–Crippen MR) is 87.6 cm³/mol. The first-order chi connectivity index (χ1) is 9.63. The highest BCUT2D eigenvalue weighted by atomic mass is 35.5. The van der Waals surface area contributed by atoms with Crippen LogP contribution < -0.4 is 5.73 Å². The molecule has 2 aromatic rings. The molecule has 0 aliphatic carbocycles. The van der Waals surface area contributed by atoms with Gasteiger partial charge in [-0.15, -0.1) is 0 Å². The fraction of sp³-hybridized carbons (Fsp3) is 0.267. The summed E-state index contributed by atoms with van der Waals surface area (Å²) in [6.45, 7) is 2.06. The second-order valence-electron chi connectivity index (χ2n) is 4.42. The van der Waals surface area contributed by atoms with Crippen LogP contribution in [-0.4, -0.2) is 11.0 Å². The fourth-order valence-electron chi connectivity index (χ4n) is 1.88. The van der Waals surface area contributed by atoms with Crippen LogP contribution in [0.2, 0.25) is 10.0 Å². The number of aromatic nitrogens is 1. The van der Waals surface area contributed by atoms with Crippen molar-refractivity contribution in [3.05, 3.63) is 58.2 Å². The van der Waals surface area contributed by atoms with Crippen molar-refractivity contribution in [1.29, 1.82) is 0 Å². The summed E-state index contributed by atoms with van der Waals surface area (Å²) >= 11 is 14.1. The van der Waals surface area contributed by atoms with Crippen LogP contribution in [0.4, 0.5) is 0 Å². The molecule has 0 spiro atoms. The number of nitrogens with zero attached hydrogens (tertiary/aromatic N) is 1. The third-order valence-electron chi connectivity index (χ3n) is 3.04. The molecule has 0 bridgehead atoms. The molecule has 0 saturated carbocycles. The molecular weight excluding hydrogens is 311 g/mol. The Balaban J connectivity index is 2.35. The Hall–Kier alpha value is -0.740. The third-order valence-corrected chi connectivity index (χ3v) is 5.20. The molecule has 106 valence electrons. The lowest BCUT2D eigenvalue weighted by molar-refractivity contribution is 0.633. The van der Waals surface area contributed by atoms with Gasteiger partial charge in [0.1, 0.15) is 5.03 Å². The van der Waals surface area contributed by atoms with E-state index in [-0.39, 0.29) is 11.3 Å². The summed E-state index contributed by atoms with van der Waals surface area (Å²) in [4.78, 5) is 4.32. The van der Waals surface area contributed by atoms with Gasteiger partial charge in [-0.3, -0.25) is 0 Å². The minimum Gasteiger partial charge on any atom is -0.326 e. The molecule has 2 N–H and O–H groups in total. The van der Waals surface area contributed by atoms with Crippen LogP contribution >= 0.6 is 35.0 Å². The minimum absolute atomic E-state index is 0.0158. The molecule has 0 amide bonds. The van der Waals surface area contributed by atoms with Gasteiger partial charge in [0.2, 0.25) is 0 Å². The van der Waals surface area contributed by atoms with E-state index in [4.69, 9.17) is 28.9 Å². The summed E-state index contributed by atoms with van der Waals surface area (Å²) in [5, 5.41) is 2.17. The van der Waals surface area contributed by atoms with E-state index in [1.54, 1.807) is 18.0 Å². The highest BCUT2D eigenvalue weighted by molar-refractivity contribution is 7.99. The number of hydrogen-bond acceptors (Lipinski definition) is 3. The Kier molecular flexibility index (Phi) is 5.73. The molecule has 2 nitrogen and oxygen atoms in total. The summed E-state index contributed by atoms with van der Waals surface area (Å²) in [5.41, 5.74) is 7.29. The monoisotopic (exact) mass is 326 g/mol. The van der Waals surface area contributed by atoms with Crippen LogP contribution in [-0.2, 0) is 0 Å². The largest absolute Gasteiger partial charge is 0.326 e. The molecule has 0 fully saturated rings. The molecule has 1 aromatic carbocycles. The molecule has 1 heterocycles. The van der Waals surface area contributed by atoms with Gasteiger partial charge in [-0.05, 0) is 30.2 Å². The van der Waals surface area contributed by atoms with E-state index in [2.05, 4.69) is 11.9 Å². The first-order valence-electron chi connectivity index (χ1n) is 6.40. The van der Waals surface area contributed by atoms with Gasteiger partial charge in [-0.1, -0.05) is 60.1 Å². The Labute approximate surface area is 133 Å². The number of halogens is 2. The van der Waals surface area contributed by atoms with Crippen LogP contribution in [0.3, 0.4) is 0 Å². The molecule has 0 saturated heterocycles. The topological polar surface area (TPSA) is 38.9 Å². The average Bonchev–Trinajstić information content (AvgIpc) is 2.47. The molecule has 0 aliphatic rings. The van der Waals surface area contributed by atoms with Crippen molar-refractivity contribution in [2.24, 2.45) is 5.73 Å². The second-order valence-corrected chi connectivity index (χ2v) is 6.37. The quantitative estimate of drug-likeness (QED) is 0.789. The first kappa shape index (κ1) is 15.6. The van der Waals surface area contributed by atoms with Crippen LogP contribution in [0.1, 0.15) is 24.2 Å². The molecular formula is C15H16Cl2N2S. The van der Waals surface area contributed by atoms with E-state index in [1.165, 1.54) is 0 Å². The molecule has 2 unspecified atom stereocenters. The number of benzene rings is 1. The summed E-state index contributed by atoms with van der Waals surface area (Å²) in [7, 11) is 0. The van der Waals surface area contributed by atoms with E-state index >= 15 is 0 Å². The normalized spacial score (nSPS) is 14.0. The molecule has 0 aliphatic heterocycles. The van der Waals surface area contributed by atoms with E-state index in [0.717, 1.165) is 22.0 Å². The van der Waals surface area contributed by atoms with Crippen molar-refractivity contribution in [2.75, 3.05) is 0 Å². The lowest BCUT2D eigenvalue weighted by Crippen LogP contribution is -2.26. The van der Waals surface area contributed by atoms with E-state index < -0.39 is 0 Å². The number of nitrogens with two attached hydrogens (primary N) is 1. The molecule has 2 rings (SSSR count). The Morgan fingerprint density at radius 1 is 1.15 bits per heavy atom. The summed E-state index contributed by atoms with van der Waals surface area (Å²) < 4.78 is 0. The molecule has 5 heteroatoms. The van der Waals surface area contributed by atoms with Gasteiger partial charge in [0.15, 0.2) is 0 Å². The Morgan fingerprint density at radius 2 is 1.85 bits per heavy atom. The lowest BCUT2D eigenvalue weighted by Gasteiger charge is -2.23. The van der Waals surface area contributed by atoms with E-state index in [9.17, 15) is 0 Å². The van der Waals surface area contributed by atoms with Crippen LogP contribution in [0.5, 0.6) is 0 Å². The van der Waals surface area contributed by atoms with Crippen LogP contribution in [0.25, 0.3) is 0 Å². The molecule has 0 radical (unpaired) electrons. The number of rotatable bonds is 5. The van der Waals surface area contributed by atoms with Gasteiger partial charge in [-0.2, -0.15) is 0 Å². The second kappa shape index (κ2) is 7.32. The zero-order valence-corrected chi connectivity index (χ0v) is 13.4. The lowest BCUT2D eigenvalue weighted by atomic mass is 10.0. The standard InChI is InChI=1S/C15H16Cl2N2S/c1-2-13(18)14(10-6-3-4-7-11(10)16)20-15-12(17)8-5-9-19-15/h3-9,13-14H,2,18H2,1H3. The summed E-state index contributed by atoms with van der Waals surface area (Å²) in [5.74, 6) is 0. The van der Waals surface area contributed by atoms with Crippen LogP contribution in [0, 0.1) is 0 Å². The fourth-order valence-corrected chi connectivity index (χ4v) is 3.70. The summed E-state index contributed by atoms with van der Waals surface area (Å²) in [6.07, 6.45) is 2.59. The van der Waals surface area contributed by atoms with Crippen molar-refractivity contribution in [1.82, 2.24) is 4.98 Å². The zero-order chi connectivity index (χ0) is 14.5. The SMILES string of the molecule is CCC(N)C(Sc1ncccc1Cl)c1ccccc1Cl. The number of thioether (sulfide) groups is 1. The van der Waals surface area contributed by atoms with Crippen molar-refractivity contribution < 1.29 is 0 Å². The maximum atomic E-state index is 6.30. The van der Waals surface area contributed by atoms with Crippen molar-refractivity contribution >= 4 is 35.0 Å². The number of hydrogen-bond donors (Lipinski definition) is 1. The zero-order valence-electron chi connectivity index (χ0n) is 11.1. The molecule has 20 heavy (non-hydrogen) atoms. The highest BCUT2D eigenvalue weighted by Gasteiger charge is 2.23. The van der Waals surface area contributed by atoms with E-state index in [1.807, 2.05) is 36.4 Å². The van der Waals surface area contributed by atoms with Crippen molar-refractivity contribution in [2.45, 2.75) is 29.7 Å². The number of pyridine rings is 1.